The van der Waals surface area contributed by atoms with E-state index in [-0.39, 0.29) is 0 Å². The van der Waals surface area contributed by atoms with Gasteiger partial charge in [-0.15, -0.1) is 0 Å². The quantitative estimate of drug-likeness (QED) is 0.501. The molecule has 0 saturated carbocycles. The van der Waals surface area contributed by atoms with Gasteiger partial charge in [-0.05, 0) is 82.4 Å². The van der Waals surface area contributed by atoms with Crippen molar-refractivity contribution in [2.75, 3.05) is 31.6 Å². The molecule has 0 bridgehead atoms. The van der Waals surface area contributed by atoms with Gasteiger partial charge < -0.3 is 15.2 Å². The number of benzene rings is 2. The van der Waals surface area contributed by atoms with Gasteiger partial charge >= 0.3 is 0 Å². The lowest BCUT2D eigenvalue weighted by molar-refractivity contribution is 0.239. The summed E-state index contributed by atoms with van der Waals surface area (Å²) in [4.78, 5) is 2.29. The van der Waals surface area contributed by atoms with E-state index in [0.717, 1.165) is 25.9 Å². The molecule has 1 saturated heterocycles. The number of aromatic hydroxyl groups is 1. The Bertz CT molecular complexity index is 1200. The fourth-order valence-corrected chi connectivity index (χ4v) is 4.66. The maximum atomic E-state index is 14.6. The minimum atomic E-state index is -0.420. The van der Waals surface area contributed by atoms with E-state index in [1.54, 1.807) is 18.2 Å². The Labute approximate surface area is 205 Å². The van der Waals surface area contributed by atoms with Crippen molar-refractivity contribution >= 4 is 22.8 Å². The van der Waals surface area contributed by atoms with Crippen LogP contribution in [0.5, 0.6) is 11.5 Å². The average Bonchev–Trinajstić information content (AvgIpc) is 2.83. The zero-order chi connectivity index (χ0) is 24.9. The summed E-state index contributed by atoms with van der Waals surface area (Å²) in [6.07, 6.45) is 1.96. The first-order chi connectivity index (χ1) is 16.9. The molecule has 0 aliphatic carbocycles. The van der Waals surface area contributed by atoms with Gasteiger partial charge in [0, 0.05) is 23.9 Å². The molecule has 7 nitrogen and oxygen atoms in total. The van der Waals surface area contributed by atoms with E-state index in [1.807, 2.05) is 32.9 Å². The first kappa shape index (κ1) is 24.6. The van der Waals surface area contributed by atoms with Gasteiger partial charge in [-0.25, -0.2) is 4.39 Å². The molecule has 0 unspecified atom stereocenters. The zero-order valence-electron chi connectivity index (χ0n) is 20.4. The molecule has 1 fully saturated rings. The molecule has 0 atom stereocenters. The minimum Gasteiger partial charge on any atom is -0.508 e. The Morgan fingerprint density at radius 2 is 1.97 bits per heavy atom. The standard InChI is InChI=1S/C27H32FN5O2/c1-4-35-22-8-9-24(23(28)15-22)30-17(2)26-18(3)31-32-25(27(26)29)16-33-12-10-19(11-13-33)20-6-5-7-21(34)14-20/h5-9,14-15,19,29-30,34H,4,10-13,16H2,1-3H3/b26-17-,29-27?. The molecule has 4 rings (SSSR count). The molecule has 2 aromatic carbocycles. The van der Waals surface area contributed by atoms with Crippen molar-refractivity contribution in [1.82, 2.24) is 4.90 Å². The van der Waals surface area contributed by atoms with Crippen molar-refractivity contribution in [3.63, 3.8) is 0 Å². The maximum absolute atomic E-state index is 14.6. The third kappa shape index (κ3) is 5.77. The number of allylic oxidation sites excluding steroid dienone is 2. The largest absolute Gasteiger partial charge is 0.508 e. The molecule has 8 heteroatoms. The van der Waals surface area contributed by atoms with Crippen molar-refractivity contribution in [1.29, 1.82) is 5.41 Å². The van der Waals surface area contributed by atoms with Crippen LogP contribution in [0.15, 0.2) is 63.9 Å². The number of nitrogens with zero attached hydrogens (tertiary/aromatic N) is 3. The Morgan fingerprint density at radius 3 is 2.66 bits per heavy atom. The number of hydrogen-bond donors (Lipinski definition) is 3. The number of ether oxygens (including phenoxy) is 1. The first-order valence-electron chi connectivity index (χ1n) is 12.0. The number of nitrogens with one attached hydrogen (secondary N) is 2. The van der Waals surface area contributed by atoms with Crippen LogP contribution >= 0.6 is 0 Å². The third-order valence-electron chi connectivity index (χ3n) is 6.47. The number of anilines is 1. The number of phenolic OH excluding ortho intramolecular Hbond substituents is 1. The highest BCUT2D eigenvalue weighted by molar-refractivity contribution is 6.54. The molecular formula is C27H32FN5O2. The van der Waals surface area contributed by atoms with Crippen molar-refractivity contribution in [3.05, 3.63) is 65.1 Å². The van der Waals surface area contributed by atoms with Crippen LogP contribution in [0.25, 0.3) is 0 Å². The topological polar surface area (TPSA) is 93.3 Å². The van der Waals surface area contributed by atoms with E-state index in [2.05, 4.69) is 26.5 Å². The van der Waals surface area contributed by atoms with Gasteiger partial charge in [-0.1, -0.05) is 12.1 Å². The summed E-state index contributed by atoms with van der Waals surface area (Å²) >= 11 is 0. The van der Waals surface area contributed by atoms with Crippen molar-refractivity contribution in [3.8, 4) is 11.5 Å². The van der Waals surface area contributed by atoms with Gasteiger partial charge in [-0.3, -0.25) is 10.3 Å². The molecule has 0 radical (unpaired) electrons. The number of halogens is 1. The highest BCUT2D eigenvalue weighted by Gasteiger charge is 2.27. The van der Waals surface area contributed by atoms with Gasteiger partial charge in [0.25, 0.3) is 0 Å². The third-order valence-corrected chi connectivity index (χ3v) is 6.47. The molecule has 0 amide bonds. The summed E-state index contributed by atoms with van der Waals surface area (Å²) in [5, 5.41) is 30.3. The smallest absolute Gasteiger partial charge is 0.150 e. The van der Waals surface area contributed by atoms with Crippen molar-refractivity contribution < 1.29 is 14.2 Å². The lowest BCUT2D eigenvalue weighted by atomic mass is 9.89. The summed E-state index contributed by atoms with van der Waals surface area (Å²) in [6, 6.07) is 12.2. The Balaban J connectivity index is 1.42. The second-order valence-electron chi connectivity index (χ2n) is 8.95. The molecular weight excluding hydrogens is 445 g/mol. The molecule has 2 aliphatic heterocycles. The summed E-state index contributed by atoms with van der Waals surface area (Å²) in [5.74, 6) is 0.774. The monoisotopic (exact) mass is 477 g/mol. The van der Waals surface area contributed by atoms with Crippen LogP contribution in [0.3, 0.4) is 0 Å². The van der Waals surface area contributed by atoms with Gasteiger partial charge in [0.05, 0.1) is 23.7 Å². The van der Waals surface area contributed by atoms with E-state index in [4.69, 9.17) is 10.1 Å². The molecule has 2 aliphatic rings. The summed E-state index contributed by atoms with van der Waals surface area (Å²) < 4.78 is 19.9. The Kier molecular flexibility index (Phi) is 7.60. The lowest BCUT2D eigenvalue weighted by Gasteiger charge is -2.33. The van der Waals surface area contributed by atoms with Gasteiger partial charge in [0.2, 0.25) is 0 Å². The second kappa shape index (κ2) is 10.8. The number of likely N-dealkylation sites (tertiary alicyclic amines) is 1. The van der Waals surface area contributed by atoms with Crippen LogP contribution < -0.4 is 10.1 Å². The zero-order valence-corrected chi connectivity index (χ0v) is 20.4. The fraction of sp³-hybridized carbons (Fsp3) is 0.370. The molecule has 0 spiro atoms. The van der Waals surface area contributed by atoms with Crippen molar-refractivity contribution in [2.45, 2.75) is 39.5 Å². The number of piperidine rings is 1. The molecule has 3 N–H and O–H groups in total. The normalized spacial score (nSPS) is 18.7. The minimum absolute atomic E-state index is 0.302. The molecule has 0 aromatic heterocycles. The van der Waals surface area contributed by atoms with E-state index in [9.17, 15) is 9.50 Å². The van der Waals surface area contributed by atoms with Crippen LogP contribution in [0.2, 0.25) is 0 Å². The van der Waals surface area contributed by atoms with Crippen LogP contribution in [-0.4, -0.2) is 53.4 Å². The first-order valence-corrected chi connectivity index (χ1v) is 12.0. The summed E-state index contributed by atoms with van der Waals surface area (Å²) in [6.45, 7) is 8.25. The Morgan fingerprint density at radius 1 is 1.20 bits per heavy atom. The SMILES string of the molecule is CCOc1ccc(N/C(C)=C2\C(=N)C(CN3CCC(c4cccc(O)c4)CC3)=NN=C2C)c(F)c1. The van der Waals surface area contributed by atoms with Crippen LogP contribution in [0.1, 0.15) is 45.1 Å². The summed E-state index contributed by atoms with van der Waals surface area (Å²) in [5.41, 5.74) is 4.31. The van der Waals surface area contributed by atoms with Crippen LogP contribution in [0.4, 0.5) is 10.1 Å². The molecule has 35 heavy (non-hydrogen) atoms. The molecule has 184 valence electrons. The van der Waals surface area contributed by atoms with Gasteiger partial charge in [0.1, 0.15) is 23.0 Å². The number of phenols is 1. The van der Waals surface area contributed by atoms with Gasteiger partial charge in [-0.2, -0.15) is 10.2 Å². The van der Waals surface area contributed by atoms with E-state index in [0.29, 0.717) is 64.7 Å². The predicted molar refractivity (Wildman–Crippen MR) is 139 cm³/mol. The summed E-state index contributed by atoms with van der Waals surface area (Å²) in [7, 11) is 0. The average molecular weight is 478 g/mol. The van der Waals surface area contributed by atoms with E-state index in [1.165, 1.54) is 11.6 Å². The van der Waals surface area contributed by atoms with Crippen molar-refractivity contribution in [2.24, 2.45) is 10.2 Å². The Hall–Kier alpha value is -3.52. The predicted octanol–water partition coefficient (Wildman–Crippen LogP) is 5.35. The lowest BCUT2D eigenvalue weighted by Crippen LogP contribution is -2.40. The van der Waals surface area contributed by atoms with Crippen LogP contribution in [-0.2, 0) is 0 Å². The van der Waals surface area contributed by atoms with E-state index < -0.39 is 5.82 Å². The highest BCUT2D eigenvalue weighted by atomic mass is 19.1. The van der Waals surface area contributed by atoms with E-state index >= 15 is 0 Å². The molecule has 2 heterocycles. The number of hydrogen-bond acceptors (Lipinski definition) is 7. The maximum Gasteiger partial charge on any atom is 0.150 e. The highest BCUT2D eigenvalue weighted by Crippen LogP contribution is 2.30. The van der Waals surface area contributed by atoms with Gasteiger partial charge in [0.15, 0.2) is 0 Å². The molecule has 2 aromatic rings. The fourth-order valence-electron chi connectivity index (χ4n) is 4.66. The second-order valence-corrected chi connectivity index (χ2v) is 8.95. The van der Waals surface area contributed by atoms with Crippen LogP contribution in [0, 0.1) is 11.2 Å². The number of rotatable bonds is 7.